The van der Waals surface area contributed by atoms with Gasteiger partial charge in [-0.15, -0.1) is 11.3 Å². The van der Waals surface area contributed by atoms with E-state index in [1.54, 1.807) is 4.21 Å². The standard InChI is InChI=1S/C16H24S2/c1-3-5-11-18(12-6-4-2)16-15-10-8-7-9-14(15)13-17-16/h7-10,13,18H,3-6,11-12H2,1-2H3. The molecule has 2 rings (SSSR count). The lowest BCUT2D eigenvalue weighted by Gasteiger charge is -2.20. The Balaban J connectivity index is 2.22. The zero-order chi connectivity index (χ0) is 12.8. The zero-order valence-electron chi connectivity index (χ0n) is 11.5. The molecule has 2 heteroatoms. The minimum absolute atomic E-state index is 0.0882. The second-order valence-corrected chi connectivity index (χ2v) is 8.43. The first-order chi connectivity index (χ1) is 8.86. The van der Waals surface area contributed by atoms with Crippen molar-refractivity contribution in [1.29, 1.82) is 0 Å². The predicted molar refractivity (Wildman–Crippen MR) is 88.6 cm³/mol. The molecule has 0 saturated heterocycles. The Bertz CT molecular complexity index is 465. The quantitative estimate of drug-likeness (QED) is 0.603. The summed E-state index contributed by atoms with van der Waals surface area (Å²) in [6, 6.07) is 8.90. The molecular formula is C16H24S2. The van der Waals surface area contributed by atoms with Crippen molar-refractivity contribution < 1.29 is 0 Å². The molecule has 1 heterocycles. The van der Waals surface area contributed by atoms with Gasteiger partial charge in [0.25, 0.3) is 0 Å². The molecule has 1 aromatic carbocycles. The van der Waals surface area contributed by atoms with Gasteiger partial charge in [-0.05, 0) is 35.1 Å². The molecule has 0 spiro atoms. The van der Waals surface area contributed by atoms with Crippen LogP contribution in [-0.4, -0.2) is 11.5 Å². The van der Waals surface area contributed by atoms with Crippen LogP contribution in [0, 0.1) is 0 Å². The fourth-order valence-electron chi connectivity index (χ4n) is 2.24. The van der Waals surface area contributed by atoms with Gasteiger partial charge < -0.3 is 0 Å². The highest BCUT2D eigenvalue weighted by atomic mass is 32.2. The second-order valence-electron chi connectivity index (χ2n) is 4.82. The van der Waals surface area contributed by atoms with Crippen LogP contribution in [0.15, 0.2) is 33.9 Å². The fraction of sp³-hybridized carbons (Fsp3) is 0.500. The van der Waals surface area contributed by atoms with Crippen molar-refractivity contribution in [2.24, 2.45) is 0 Å². The number of benzene rings is 1. The molecule has 100 valence electrons. The molecule has 18 heavy (non-hydrogen) atoms. The first-order valence-electron chi connectivity index (χ1n) is 7.08. The number of hydrogen-bond donors (Lipinski definition) is 1. The van der Waals surface area contributed by atoms with E-state index < -0.39 is 0 Å². The van der Waals surface area contributed by atoms with E-state index in [0.29, 0.717) is 0 Å². The van der Waals surface area contributed by atoms with Gasteiger partial charge in [0.05, 0.1) is 0 Å². The van der Waals surface area contributed by atoms with Crippen LogP contribution in [0.2, 0.25) is 0 Å². The first kappa shape index (κ1) is 14.0. The van der Waals surface area contributed by atoms with Gasteiger partial charge in [-0.2, -0.15) is 0 Å². The molecule has 0 amide bonds. The van der Waals surface area contributed by atoms with Gasteiger partial charge in [0.1, 0.15) is 0 Å². The number of hydrogen-bond acceptors (Lipinski definition) is 1. The number of unbranched alkanes of at least 4 members (excludes halogenated alkanes) is 2. The number of thiophene rings is 1. The van der Waals surface area contributed by atoms with E-state index in [4.69, 9.17) is 0 Å². The van der Waals surface area contributed by atoms with Crippen LogP contribution in [0.3, 0.4) is 0 Å². The smallest absolute Gasteiger partial charge is 0.0482 e. The van der Waals surface area contributed by atoms with Crippen molar-refractivity contribution in [1.82, 2.24) is 0 Å². The minimum atomic E-state index is 0.0882. The van der Waals surface area contributed by atoms with E-state index in [-0.39, 0.29) is 10.9 Å². The summed E-state index contributed by atoms with van der Waals surface area (Å²) in [4.78, 5) is 0. The molecule has 1 aromatic heterocycles. The third-order valence-corrected chi connectivity index (χ3v) is 7.77. The Kier molecular flexibility index (Phi) is 5.58. The van der Waals surface area contributed by atoms with Gasteiger partial charge in [0.15, 0.2) is 0 Å². The monoisotopic (exact) mass is 280 g/mol. The lowest BCUT2D eigenvalue weighted by molar-refractivity contribution is 0.874. The Morgan fingerprint density at radius 2 is 1.67 bits per heavy atom. The summed E-state index contributed by atoms with van der Waals surface area (Å²) in [6.07, 6.45) is 5.44. The van der Waals surface area contributed by atoms with E-state index in [0.717, 1.165) is 0 Å². The van der Waals surface area contributed by atoms with Crippen molar-refractivity contribution in [2.45, 2.75) is 43.7 Å². The second kappa shape index (κ2) is 7.20. The Morgan fingerprint density at radius 3 is 2.33 bits per heavy atom. The van der Waals surface area contributed by atoms with Gasteiger partial charge in [0.2, 0.25) is 0 Å². The molecular weight excluding hydrogens is 256 g/mol. The van der Waals surface area contributed by atoms with E-state index in [1.807, 2.05) is 11.3 Å². The highest BCUT2D eigenvalue weighted by Crippen LogP contribution is 2.46. The Hall–Kier alpha value is -0.470. The zero-order valence-corrected chi connectivity index (χ0v) is 13.2. The van der Waals surface area contributed by atoms with Crippen molar-refractivity contribution in [3.63, 3.8) is 0 Å². The molecule has 0 unspecified atom stereocenters. The van der Waals surface area contributed by atoms with E-state index in [2.05, 4.69) is 43.5 Å². The average molecular weight is 281 g/mol. The molecule has 0 fully saturated rings. The SMILES string of the molecule is CCCC[SH](CCCC)c1scc2ccccc12. The lowest BCUT2D eigenvalue weighted by Crippen LogP contribution is -1.94. The van der Waals surface area contributed by atoms with Gasteiger partial charge in [0, 0.05) is 9.60 Å². The van der Waals surface area contributed by atoms with Gasteiger partial charge >= 0.3 is 0 Å². The predicted octanol–water partition coefficient (Wildman–Crippen LogP) is 5.86. The fourth-order valence-corrected chi connectivity index (χ4v) is 6.86. The summed E-state index contributed by atoms with van der Waals surface area (Å²) in [5.74, 6) is 2.85. The number of thiol groups is 1. The molecule has 0 nitrogen and oxygen atoms in total. The minimum Gasteiger partial charge on any atom is -0.217 e. The average Bonchev–Trinajstić information content (AvgIpc) is 2.83. The summed E-state index contributed by atoms with van der Waals surface area (Å²) in [7, 11) is 0.0882. The van der Waals surface area contributed by atoms with Crippen LogP contribution in [0.5, 0.6) is 0 Å². The maximum atomic E-state index is 2.35. The first-order valence-corrected chi connectivity index (χ1v) is 9.67. The van der Waals surface area contributed by atoms with Crippen molar-refractivity contribution >= 4 is 33.0 Å². The van der Waals surface area contributed by atoms with Crippen molar-refractivity contribution in [3.05, 3.63) is 29.6 Å². The van der Waals surface area contributed by atoms with Crippen LogP contribution in [-0.2, 0) is 0 Å². The number of rotatable bonds is 7. The summed E-state index contributed by atoms with van der Waals surface area (Å²) < 4.78 is 1.70. The molecule has 0 atom stereocenters. The third kappa shape index (κ3) is 3.30. The van der Waals surface area contributed by atoms with Crippen LogP contribution in [0.1, 0.15) is 39.5 Å². The highest BCUT2D eigenvalue weighted by molar-refractivity contribution is 8.18. The molecule has 0 aliphatic carbocycles. The van der Waals surface area contributed by atoms with Crippen LogP contribution in [0.4, 0.5) is 0 Å². The van der Waals surface area contributed by atoms with Gasteiger partial charge in [-0.3, -0.25) is 0 Å². The van der Waals surface area contributed by atoms with Crippen molar-refractivity contribution in [3.8, 4) is 0 Å². The van der Waals surface area contributed by atoms with Crippen LogP contribution in [0.25, 0.3) is 10.8 Å². The van der Waals surface area contributed by atoms with E-state index >= 15 is 0 Å². The maximum absolute atomic E-state index is 2.35. The summed E-state index contributed by atoms with van der Waals surface area (Å²) in [6.45, 7) is 4.61. The molecule has 0 N–H and O–H groups in total. The van der Waals surface area contributed by atoms with E-state index in [1.165, 1.54) is 48.0 Å². The number of fused-ring (bicyclic) bond motifs is 1. The lowest BCUT2D eigenvalue weighted by atomic mass is 10.2. The molecule has 2 aromatic rings. The Labute approximate surface area is 118 Å². The Morgan fingerprint density at radius 1 is 1.00 bits per heavy atom. The van der Waals surface area contributed by atoms with E-state index in [9.17, 15) is 0 Å². The van der Waals surface area contributed by atoms with Crippen LogP contribution < -0.4 is 0 Å². The maximum Gasteiger partial charge on any atom is 0.0482 e. The summed E-state index contributed by atoms with van der Waals surface area (Å²) >= 11 is 2.00. The topological polar surface area (TPSA) is 0 Å². The normalized spacial score (nSPS) is 12.0. The highest BCUT2D eigenvalue weighted by Gasteiger charge is 2.11. The largest absolute Gasteiger partial charge is 0.217 e. The van der Waals surface area contributed by atoms with Crippen LogP contribution >= 0.6 is 22.2 Å². The summed E-state index contributed by atoms with van der Waals surface area (Å²) in [5, 5.41) is 5.32. The molecule has 0 aliphatic rings. The molecule has 0 radical (unpaired) electrons. The molecule has 0 bridgehead atoms. The summed E-state index contributed by atoms with van der Waals surface area (Å²) in [5.41, 5.74) is 0. The van der Waals surface area contributed by atoms with Gasteiger partial charge in [-0.1, -0.05) is 51.0 Å². The van der Waals surface area contributed by atoms with Gasteiger partial charge in [-0.25, -0.2) is 10.9 Å². The molecule has 0 saturated carbocycles. The van der Waals surface area contributed by atoms with Crippen molar-refractivity contribution in [2.75, 3.05) is 11.5 Å². The third-order valence-electron chi connectivity index (χ3n) is 3.34. The molecule has 0 aliphatic heterocycles.